The van der Waals surface area contributed by atoms with Gasteiger partial charge in [-0.3, -0.25) is 0 Å². The van der Waals surface area contributed by atoms with E-state index in [1.54, 1.807) is 19.2 Å². The van der Waals surface area contributed by atoms with Gasteiger partial charge in [0.15, 0.2) is 5.96 Å². The van der Waals surface area contributed by atoms with Gasteiger partial charge in [0, 0.05) is 32.4 Å². The van der Waals surface area contributed by atoms with E-state index < -0.39 is 0 Å². The maximum Gasteiger partial charge on any atom is 0.191 e. The molecule has 0 atom stereocenters. The molecule has 5 nitrogen and oxygen atoms in total. The first kappa shape index (κ1) is 26.1. The fraction of sp³-hybridized carbons (Fsp3) is 0.650. The van der Waals surface area contributed by atoms with Crippen molar-refractivity contribution in [2.24, 2.45) is 10.4 Å². The van der Waals surface area contributed by atoms with E-state index in [1.807, 2.05) is 6.92 Å². The lowest BCUT2D eigenvalue weighted by molar-refractivity contribution is 0.169. The smallest absolute Gasteiger partial charge is 0.191 e. The minimum Gasteiger partial charge on any atom is -0.396 e. The van der Waals surface area contributed by atoms with E-state index >= 15 is 0 Å². The van der Waals surface area contributed by atoms with E-state index in [-0.39, 0.29) is 48.4 Å². The summed E-state index contributed by atoms with van der Waals surface area (Å²) in [6, 6.07) is 5.00. The Balaban J connectivity index is 0.00000676. The SMILES string of the molecule is CCNC(=NCc1ccc(F)c(COC)c1)NCC(CC)(CC)CCO.I. The van der Waals surface area contributed by atoms with Crippen molar-refractivity contribution in [2.75, 3.05) is 26.8 Å². The summed E-state index contributed by atoms with van der Waals surface area (Å²) in [4.78, 5) is 4.62. The lowest BCUT2D eigenvalue weighted by atomic mass is 9.79. The number of benzene rings is 1. The summed E-state index contributed by atoms with van der Waals surface area (Å²) in [6.45, 7) is 8.74. The first-order chi connectivity index (χ1) is 12.5. The average molecular weight is 495 g/mol. The van der Waals surface area contributed by atoms with Crippen LogP contribution in [-0.2, 0) is 17.9 Å². The largest absolute Gasteiger partial charge is 0.396 e. The van der Waals surface area contributed by atoms with Crippen molar-refractivity contribution in [3.05, 3.63) is 35.1 Å². The number of nitrogens with one attached hydrogen (secondary N) is 2. The molecule has 0 saturated heterocycles. The molecular weight excluding hydrogens is 460 g/mol. The van der Waals surface area contributed by atoms with Crippen LogP contribution in [0.1, 0.15) is 51.2 Å². The van der Waals surface area contributed by atoms with Crippen LogP contribution >= 0.6 is 24.0 Å². The molecule has 0 aromatic heterocycles. The zero-order valence-electron chi connectivity index (χ0n) is 17.0. The Kier molecular flexibility index (Phi) is 13.6. The second kappa shape index (κ2) is 14.1. The van der Waals surface area contributed by atoms with Gasteiger partial charge in [-0.15, -0.1) is 24.0 Å². The highest BCUT2D eigenvalue weighted by Crippen LogP contribution is 2.29. The van der Waals surface area contributed by atoms with Gasteiger partial charge in [0.1, 0.15) is 5.82 Å². The monoisotopic (exact) mass is 495 g/mol. The van der Waals surface area contributed by atoms with Gasteiger partial charge in [0.25, 0.3) is 0 Å². The minimum absolute atomic E-state index is 0. The van der Waals surface area contributed by atoms with Gasteiger partial charge in [-0.05, 0) is 49.3 Å². The molecule has 0 aliphatic carbocycles. The van der Waals surface area contributed by atoms with E-state index in [1.165, 1.54) is 6.07 Å². The number of aliphatic hydroxyl groups is 1. The van der Waals surface area contributed by atoms with Crippen LogP contribution in [0, 0.1) is 11.2 Å². The molecule has 7 heteroatoms. The minimum atomic E-state index is -0.260. The molecule has 0 aliphatic rings. The number of nitrogens with zero attached hydrogens (tertiary/aromatic N) is 1. The van der Waals surface area contributed by atoms with Gasteiger partial charge in [0.05, 0.1) is 13.2 Å². The molecule has 0 amide bonds. The highest BCUT2D eigenvalue weighted by atomic mass is 127. The van der Waals surface area contributed by atoms with Gasteiger partial charge in [0.2, 0.25) is 0 Å². The Labute approximate surface area is 180 Å². The third-order valence-corrected chi connectivity index (χ3v) is 4.95. The summed E-state index contributed by atoms with van der Waals surface area (Å²) < 4.78 is 18.7. The van der Waals surface area contributed by atoms with Crippen LogP contribution in [0.2, 0.25) is 0 Å². The van der Waals surface area contributed by atoms with Crippen molar-refractivity contribution in [2.45, 2.75) is 53.2 Å². The van der Waals surface area contributed by atoms with E-state index in [0.717, 1.165) is 43.9 Å². The quantitative estimate of drug-likeness (QED) is 0.248. The second-order valence-corrected chi connectivity index (χ2v) is 6.59. The number of hydrogen-bond acceptors (Lipinski definition) is 3. The third kappa shape index (κ3) is 8.74. The number of halogens is 2. The molecule has 0 unspecified atom stereocenters. The number of hydrogen-bond donors (Lipinski definition) is 3. The predicted molar refractivity (Wildman–Crippen MR) is 120 cm³/mol. The molecular formula is C20H35FIN3O2. The van der Waals surface area contributed by atoms with Crippen molar-refractivity contribution in [3.8, 4) is 0 Å². The van der Waals surface area contributed by atoms with Gasteiger partial charge < -0.3 is 20.5 Å². The summed E-state index contributed by atoms with van der Waals surface area (Å²) in [6.07, 6.45) is 2.76. The van der Waals surface area contributed by atoms with Gasteiger partial charge in [-0.25, -0.2) is 9.38 Å². The molecule has 1 aromatic rings. The van der Waals surface area contributed by atoms with E-state index in [4.69, 9.17) is 4.74 Å². The van der Waals surface area contributed by atoms with Crippen molar-refractivity contribution in [1.29, 1.82) is 0 Å². The molecule has 1 rings (SSSR count). The fourth-order valence-electron chi connectivity index (χ4n) is 2.95. The molecule has 0 bridgehead atoms. The van der Waals surface area contributed by atoms with E-state index in [0.29, 0.717) is 12.1 Å². The molecule has 27 heavy (non-hydrogen) atoms. The van der Waals surface area contributed by atoms with Crippen LogP contribution in [0.4, 0.5) is 4.39 Å². The lowest BCUT2D eigenvalue weighted by Gasteiger charge is -2.32. The topological polar surface area (TPSA) is 65.9 Å². The number of methoxy groups -OCH3 is 1. The standard InChI is InChI=1S/C20H34FN3O2.HI/c1-5-20(6-2,10-11-25)15-24-19(22-7-3)23-13-16-8-9-18(21)17(12-16)14-26-4;/h8-9,12,25H,5-7,10-11,13-15H2,1-4H3,(H2,22,23,24);1H. The number of aliphatic hydroxyl groups excluding tert-OH is 1. The normalized spacial score (nSPS) is 11.9. The zero-order valence-corrected chi connectivity index (χ0v) is 19.3. The molecule has 0 aliphatic heterocycles. The molecule has 0 fully saturated rings. The number of guanidine groups is 1. The first-order valence-electron chi connectivity index (χ1n) is 9.43. The van der Waals surface area contributed by atoms with E-state index in [9.17, 15) is 9.50 Å². The van der Waals surface area contributed by atoms with Gasteiger partial charge in [-0.2, -0.15) is 0 Å². The highest BCUT2D eigenvalue weighted by Gasteiger charge is 2.25. The first-order valence-corrected chi connectivity index (χ1v) is 9.43. The maximum atomic E-state index is 13.7. The van der Waals surface area contributed by atoms with Crippen LogP contribution in [0.25, 0.3) is 0 Å². The van der Waals surface area contributed by atoms with Gasteiger partial charge in [-0.1, -0.05) is 19.9 Å². The van der Waals surface area contributed by atoms with Crippen molar-refractivity contribution in [1.82, 2.24) is 10.6 Å². The van der Waals surface area contributed by atoms with Crippen molar-refractivity contribution in [3.63, 3.8) is 0 Å². The molecule has 0 radical (unpaired) electrons. The number of rotatable bonds is 11. The Bertz CT molecular complexity index is 566. The van der Waals surface area contributed by atoms with Crippen LogP contribution in [0.5, 0.6) is 0 Å². The molecule has 156 valence electrons. The van der Waals surface area contributed by atoms with Crippen LogP contribution in [0.3, 0.4) is 0 Å². The summed E-state index contributed by atoms with van der Waals surface area (Å²) >= 11 is 0. The number of aliphatic imine (C=N–C) groups is 1. The summed E-state index contributed by atoms with van der Waals surface area (Å²) in [5, 5.41) is 16.0. The summed E-state index contributed by atoms with van der Waals surface area (Å²) in [5.41, 5.74) is 1.53. The number of ether oxygens (including phenoxy) is 1. The Morgan fingerprint density at radius 1 is 1.22 bits per heavy atom. The summed E-state index contributed by atoms with van der Waals surface area (Å²) in [5.74, 6) is 0.471. The van der Waals surface area contributed by atoms with Crippen LogP contribution in [0.15, 0.2) is 23.2 Å². The summed E-state index contributed by atoms with van der Waals surface area (Å²) in [7, 11) is 1.55. The predicted octanol–water partition coefficient (Wildman–Crippen LogP) is 3.83. The molecule has 1 aromatic carbocycles. The Hall–Kier alpha value is -0.930. The Morgan fingerprint density at radius 2 is 1.93 bits per heavy atom. The highest BCUT2D eigenvalue weighted by molar-refractivity contribution is 14.0. The van der Waals surface area contributed by atoms with Gasteiger partial charge >= 0.3 is 0 Å². The van der Waals surface area contributed by atoms with E-state index in [2.05, 4.69) is 29.5 Å². The Morgan fingerprint density at radius 3 is 2.48 bits per heavy atom. The van der Waals surface area contributed by atoms with Crippen LogP contribution in [-0.4, -0.2) is 37.9 Å². The fourth-order valence-corrected chi connectivity index (χ4v) is 2.95. The zero-order chi connectivity index (χ0) is 19.4. The van der Waals surface area contributed by atoms with Crippen molar-refractivity contribution >= 4 is 29.9 Å². The maximum absolute atomic E-state index is 13.7. The second-order valence-electron chi connectivity index (χ2n) is 6.59. The molecule has 0 heterocycles. The molecule has 0 spiro atoms. The molecule has 0 saturated carbocycles. The average Bonchev–Trinajstić information content (AvgIpc) is 2.65. The van der Waals surface area contributed by atoms with Crippen molar-refractivity contribution < 1.29 is 14.2 Å². The molecule has 3 N–H and O–H groups in total. The third-order valence-electron chi connectivity index (χ3n) is 4.95. The van der Waals surface area contributed by atoms with Crippen LogP contribution < -0.4 is 10.6 Å². The lowest BCUT2D eigenvalue weighted by Crippen LogP contribution is -2.43.